The summed E-state index contributed by atoms with van der Waals surface area (Å²) in [7, 11) is 3.24. The number of rotatable bonds is 4. The summed E-state index contributed by atoms with van der Waals surface area (Å²) in [4.78, 5) is 1.89. The van der Waals surface area contributed by atoms with Crippen LogP contribution in [0.2, 0.25) is 0 Å². The number of hydrogen-bond acceptors (Lipinski definition) is 4. The highest BCUT2D eigenvalue weighted by molar-refractivity contribution is 7.99. The van der Waals surface area contributed by atoms with Crippen molar-refractivity contribution >= 4 is 11.8 Å². The van der Waals surface area contributed by atoms with Crippen LogP contribution in [-0.4, -0.2) is 14.2 Å². The van der Waals surface area contributed by atoms with Gasteiger partial charge in [-0.1, -0.05) is 23.9 Å². The van der Waals surface area contributed by atoms with Crippen molar-refractivity contribution in [3.8, 4) is 17.6 Å². The molecular weight excluding hydrogens is 258 g/mol. The molecule has 0 unspecified atom stereocenters. The van der Waals surface area contributed by atoms with E-state index in [1.165, 1.54) is 11.8 Å². The fourth-order valence-corrected chi connectivity index (χ4v) is 2.59. The smallest absolute Gasteiger partial charge is 0.123 e. The van der Waals surface area contributed by atoms with Crippen molar-refractivity contribution in [1.82, 2.24) is 0 Å². The lowest BCUT2D eigenvalue weighted by molar-refractivity contribution is 0.392. The second-order valence-corrected chi connectivity index (χ2v) is 4.87. The molecule has 0 aliphatic rings. The molecule has 96 valence electrons. The van der Waals surface area contributed by atoms with Crippen LogP contribution in [0.5, 0.6) is 11.5 Å². The molecule has 2 rings (SSSR count). The maximum atomic E-state index is 9.09. The Kier molecular flexibility index (Phi) is 4.32. The molecule has 2 aromatic carbocycles. The van der Waals surface area contributed by atoms with Crippen molar-refractivity contribution < 1.29 is 9.47 Å². The SMILES string of the molecule is COc1cc(OC)cc(Sc2ccccc2C#N)c1. The topological polar surface area (TPSA) is 42.2 Å². The Balaban J connectivity index is 2.35. The van der Waals surface area contributed by atoms with Gasteiger partial charge in [0.2, 0.25) is 0 Å². The maximum Gasteiger partial charge on any atom is 0.123 e. The normalized spacial score (nSPS) is 9.74. The highest BCUT2D eigenvalue weighted by Gasteiger charge is 2.06. The quantitative estimate of drug-likeness (QED) is 0.849. The van der Waals surface area contributed by atoms with Gasteiger partial charge in [0.25, 0.3) is 0 Å². The zero-order valence-electron chi connectivity index (χ0n) is 10.7. The van der Waals surface area contributed by atoms with Crippen molar-refractivity contribution in [2.75, 3.05) is 14.2 Å². The summed E-state index contributed by atoms with van der Waals surface area (Å²) in [5.74, 6) is 1.47. The van der Waals surface area contributed by atoms with Gasteiger partial charge in [0.1, 0.15) is 17.6 Å². The van der Waals surface area contributed by atoms with E-state index in [0.29, 0.717) is 5.56 Å². The Morgan fingerprint density at radius 3 is 2.21 bits per heavy atom. The Morgan fingerprint density at radius 2 is 1.63 bits per heavy atom. The predicted octanol–water partition coefficient (Wildman–Crippen LogP) is 3.73. The number of methoxy groups -OCH3 is 2. The molecule has 0 aliphatic heterocycles. The summed E-state index contributed by atoms with van der Waals surface area (Å²) in [5, 5.41) is 9.09. The third-order valence-electron chi connectivity index (χ3n) is 2.56. The van der Waals surface area contributed by atoms with E-state index >= 15 is 0 Å². The van der Waals surface area contributed by atoms with Crippen molar-refractivity contribution in [2.45, 2.75) is 9.79 Å². The molecule has 0 spiro atoms. The fourth-order valence-electron chi connectivity index (χ4n) is 1.62. The largest absolute Gasteiger partial charge is 0.497 e. The van der Waals surface area contributed by atoms with Gasteiger partial charge in [0.05, 0.1) is 19.8 Å². The number of nitriles is 1. The average molecular weight is 271 g/mol. The summed E-state index contributed by atoms with van der Waals surface area (Å²) < 4.78 is 10.5. The molecule has 19 heavy (non-hydrogen) atoms. The number of nitrogens with zero attached hydrogens (tertiary/aromatic N) is 1. The summed E-state index contributed by atoms with van der Waals surface area (Å²) >= 11 is 1.52. The van der Waals surface area contributed by atoms with Crippen LogP contribution >= 0.6 is 11.8 Å². The van der Waals surface area contributed by atoms with Crippen LogP contribution in [0.1, 0.15) is 5.56 Å². The van der Waals surface area contributed by atoms with Crippen LogP contribution < -0.4 is 9.47 Å². The van der Waals surface area contributed by atoms with E-state index in [1.54, 1.807) is 20.3 Å². The van der Waals surface area contributed by atoms with E-state index in [1.807, 2.05) is 36.4 Å². The highest BCUT2D eigenvalue weighted by atomic mass is 32.2. The lowest BCUT2D eigenvalue weighted by Crippen LogP contribution is -1.88. The molecule has 0 atom stereocenters. The minimum absolute atomic E-state index is 0.661. The molecule has 0 amide bonds. The second kappa shape index (κ2) is 6.17. The van der Waals surface area contributed by atoms with Gasteiger partial charge in [-0.3, -0.25) is 0 Å². The minimum Gasteiger partial charge on any atom is -0.497 e. The van der Waals surface area contributed by atoms with Gasteiger partial charge in [0.15, 0.2) is 0 Å². The Bertz CT molecular complexity index is 598. The predicted molar refractivity (Wildman–Crippen MR) is 74.8 cm³/mol. The highest BCUT2D eigenvalue weighted by Crippen LogP contribution is 2.35. The van der Waals surface area contributed by atoms with E-state index in [4.69, 9.17) is 14.7 Å². The zero-order valence-corrected chi connectivity index (χ0v) is 11.5. The van der Waals surface area contributed by atoms with E-state index in [-0.39, 0.29) is 0 Å². The van der Waals surface area contributed by atoms with Gasteiger partial charge < -0.3 is 9.47 Å². The Morgan fingerprint density at radius 1 is 1.00 bits per heavy atom. The molecule has 4 heteroatoms. The average Bonchev–Trinajstić information content (AvgIpc) is 2.47. The molecule has 0 aromatic heterocycles. The number of hydrogen-bond donors (Lipinski definition) is 0. The summed E-state index contributed by atoms with van der Waals surface area (Å²) in [6.07, 6.45) is 0. The van der Waals surface area contributed by atoms with Gasteiger partial charge in [-0.05, 0) is 24.3 Å². The van der Waals surface area contributed by atoms with Crippen LogP contribution in [0.15, 0.2) is 52.3 Å². The lowest BCUT2D eigenvalue weighted by atomic mass is 10.2. The van der Waals surface area contributed by atoms with Gasteiger partial charge in [-0.15, -0.1) is 0 Å². The molecule has 0 heterocycles. The fraction of sp³-hybridized carbons (Fsp3) is 0.133. The molecule has 0 radical (unpaired) electrons. The van der Waals surface area contributed by atoms with Gasteiger partial charge in [-0.25, -0.2) is 0 Å². The van der Waals surface area contributed by atoms with Crippen molar-refractivity contribution in [3.05, 3.63) is 48.0 Å². The lowest BCUT2D eigenvalue weighted by Gasteiger charge is -2.08. The molecule has 2 aromatic rings. The molecular formula is C15H13NO2S. The molecule has 3 nitrogen and oxygen atoms in total. The van der Waals surface area contributed by atoms with Crippen LogP contribution in [0.25, 0.3) is 0 Å². The first-order valence-corrected chi connectivity index (χ1v) is 6.48. The second-order valence-electron chi connectivity index (χ2n) is 3.76. The zero-order chi connectivity index (χ0) is 13.7. The molecule has 0 bridgehead atoms. The van der Waals surface area contributed by atoms with E-state index < -0.39 is 0 Å². The maximum absolute atomic E-state index is 9.09. The van der Waals surface area contributed by atoms with Crippen LogP contribution in [0, 0.1) is 11.3 Å². The molecule has 0 N–H and O–H groups in total. The van der Waals surface area contributed by atoms with Crippen molar-refractivity contribution in [1.29, 1.82) is 5.26 Å². The third-order valence-corrected chi connectivity index (χ3v) is 3.61. The molecule has 0 saturated carbocycles. The van der Waals surface area contributed by atoms with E-state index in [0.717, 1.165) is 21.3 Å². The van der Waals surface area contributed by atoms with E-state index in [9.17, 15) is 0 Å². The molecule has 0 saturated heterocycles. The monoisotopic (exact) mass is 271 g/mol. The van der Waals surface area contributed by atoms with Crippen LogP contribution in [0.3, 0.4) is 0 Å². The summed E-state index contributed by atoms with van der Waals surface area (Å²) in [6, 6.07) is 15.3. The van der Waals surface area contributed by atoms with E-state index in [2.05, 4.69) is 6.07 Å². The Labute approximate surface area is 116 Å². The minimum atomic E-state index is 0.661. The van der Waals surface area contributed by atoms with Gasteiger partial charge >= 0.3 is 0 Å². The van der Waals surface area contributed by atoms with Crippen molar-refractivity contribution in [2.24, 2.45) is 0 Å². The first kappa shape index (κ1) is 13.3. The van der Waals surface area contributed by atoms with Crippen LogP contribution in [0.4, 0.5) is 0 Å². The molecule has 0 aliphatic carbocycles. The van der Waals surface area contributed by atoms with Crippen LogP contribution in [-0.2, 0) is 0 Å². The number of ether oxygens (including phenoxy) is 2. The van der Waals surface area contributed by atoms with Crippen molar-refractivity contribution in [3.63, 3.8) is 0 Å². The summed E-state index contributed by atoms with van der Waals surface area (Å²) in [5.41, 5.74) is 0.661. The summed E-state index contributed by atoms with van der Waals surface area (Å²) in [6.45, 7) is 0. The number of benzene rings is 2. The molecule has 0 fully saturated rings. The first-order valence-electron chi connectivity index (χ1n) is 5.67. The van der Waals surface area contributed by atoms with Gasteiger partial charge in [0, 0.05) is 15.9 Å². The first-order chi connectivity index (χ1) is 9.26. The standard InChI is InChI=1S/C15H13NO2S/c1-17-12-7-13(18-2)9-14(8-12)19-15-6-4-3-5-11(15)10-16/h3-9H,1-2H3. The third kappa shape index (κ3) is 3.21. The van der Waals surface area contributed by atoms with Gasteiger partial charge in [-0.2, -0.15) is 5.26 Å². The Hall–Kier alpha value is -2.12.